The van der Waals surface area contributed by atoms with Crippen LogP contribution in [-0.4, -0.2) is 9.97 Å². The Morgan fingerprint density at radius 2 is 0.933 bits per heavy atom. The molecule has 0 bridgehead atoms. The molecule has 30 heavy (non-hydrogen) atoms. The zero-order chi connectivity index (χ0) is 19.9. The largest absolute Gasteiger partial charge is 0.228 e. The van der Waals surface area contributed by atoms with Gasteiger partial charge in [0.25, 0.3) is 0 Å². The van der Waals surface area contributed by atoms with Crippen LogP contribution in [0.25, 0.3) is 55.1 Å². The van der Waals surface area contributed by atoms with Gasteiger partial charge in [0, 0.05) is 16.5 Å². The number of hydrogen-bond acceptors (Lipinski definition) is 2. The Morgan fingerprint density at radius 3 is 1.67 bits per heavy atom. The maximum atomic E-state index is 5.13. The molecule has 0 amide bonds. The van der Waals surface area contributed by atoms with Crippen molar-refractivity contribution in [2.24, 2.45) is 0 Å². The summed E-state index contributed by atoms with van der Waals surface area (Å²) in [6, 6.07) is 37.9. The Morgan fingerprint density at radius 1 is 0.400 bits per heavy atom. The number of benzene rings is 5. The van der Waals surface area contributed by atoms with Gasteiger partial charge in [0.05, 0.1) is 11.2 Å². The van der Waals surface area contributed by atoms with Gasteiger partial charge in [-0.3, -0.25) is 0 Å². The van der Waals surface area contributed by atoms with Crippen LogP contribution in [0.3, 0.4) is 0 Å². The molecule has 0 aliphatic rings. The molecule has 1 heterocycles. The molecule has 2 nitrogen and oxygen atoms in total. The highest BCUT2D eigenvalue weighted by Gasteiger charge is 2.14. The Kier molecular flexibility index (Phi) is 3.82. The van der Waals surface area contributed by atoms with Crippen molar-refractivity contribution in [1.29, 1.82) is 0 Å². The minimum atomic E-state index is 0.758. The van der Waals surface area contributed by atoms with E-state index >= 15 is 0 Å². The van der Waals surface area contributed by atoms with Gasteiger partial charge in [-0.05, 0) is 27.6 Å². The van der Waals surface area contributed by atoms with E-state index in [1.165, 1.54) is 21.5 Å². The van der Waals surface area contributed by atoms with Gasteiger partial charge in [-0.2, -0.15) is 0 Å². The fraction of sp³-hybridized carbons (Fsp3) is 0. The van der Waals surface area contributed by atoms with Crippen LogP contribution in [0.5, 0.6) is 0 Å². The molecule has 0 saturated heterocycles. The second kappa shape index (κ2) is 6.78. The molecule has 6 rings (SSSR count). The molecule has 6 aromatic rings. The summed E-state index contributed by atoms with van der Waals surface area (Å²) in [5.74, 6) is 0.758. The zero-order valence-corrected chi connectivity index (χ0v) is 16.3. The summed E-state index contributed by atoms with van der Waals surface area (Å²) in [4.78, 5) is 10.1. The molecule has 1 aromatic heterocycles. The lowest BCUT2D eigenvalue weighted by Crippen LogP contribution is -1.96. The monoisotopic (exact) mass is 382 g/mol. The Balaban J connectivity index is 1.71. The average molecular weight is 382 g/mol. The number of rotatable bonds is 2. The predicted molar refractivity (Wildman–Crippen MR) is 125 cm³/mol. The summed E-state index contributed by atoms with van der Waals surface area (Å²) < 4.78 is 0. The van der Waals surface area contributed by atoms with E-state index in [9.17, 15) is 0 Å². The van der Waals surface area contributed by atoms with Crippen molar-refractivity contribution < 1.29 is 0 Å². The molecule has 0 unspecified atom stereocenters. The molecule has 2 heteroatoms. The Labute approximate surface area is 174 Å². The lowest BCUT2D eigenvalue weighted by Gasteiger charge is -2.12. The standard InChI is InChI=1S/C28H18N2/c1-3-13-21-19(9-1)11-7-16-23(21)27-25-15-5-6-18-26(25)29-28(30-27)24-17-8-12-20-10-2-4-14-22(20)24/h1-18H. The van der Waals surface area contributed by atoms with Gasteiger partial charge < -0.3 is 0 Å². The summed E-state index contributed by atoms with van der Waals surface area (Å²) in [5.41, 5.74) is 4.12. The smallest absolute Gasteiger partial charge is 0.161 e. The van der Waals surface area contributed by atoms with Crippen LogP contribution in [0.4, 0.5) is 0 Å². The van der Waals surface area contributed by atoms with Crippen molar-refractivity contribution in [3.05, 3.63) is 109 Å². The van der Waals surface area contributed by atoms with Gasteiger partial charge in [0.2, 0.25) is 0 Å². The van der Waals surface area contributed by atoms with E-state index < -0.39 is 0 Å². The van der Waals surface area contributed by atoms with Crippen molar-refractivity contribution in [3.8, 4) is 22.6 Å². The lowest BCUT2D eigenvalue weighted by atomic mass is 9.98. The van der Waals surface area contributed by atoms with E-state index in [0.717, 1.165) is 33.5 Å². The first-order valence-corrected chi connectivity index (χ1v) is 10.1. The summed E-state index contributed by atoms with van der Waals surface area (Å²) in [7, 11) is 0. The number of nitrogens with zero attached hydrogens (tertiary/aromatic N) is 2. The van der Waals surface area contributed by atoms with Crippen molar-refractivity contribution in [3.63, 3.8) is 0 Å². The molecule has 5 aromatic carbocycles. The highest BCUT2D eigenvalue weighted by Crippen LogP contribution is 2.35. The van der Waals surface area contributed by atoms with Crippen LogP contribution in [0, 0.1) is 0 Å². The molecule has 0 spiro atoms. The fourth-order valence-corrected chi connectivity index (χ4v) is 4.25. The molecular weight excluding hydrogens is 364 g/mol. The van der Waals surface area contributed by atoms with E-state index in [-0.39, 0.29) is 0 Å². The van der Waals surface area contributed by atoms with Gasteiger partial charge in [-0.25, -0.2) is 9.97 Å². The Bertz CT molecular complexity index is 1540. The number of para-hydroxylation sites is 1. The summed E-state index contributed by atoms with van der Waals surface area (Å²) >= 11 is 0. The average Bonchev–Trinajstić information content (AvgIpc) is 2.82. The van der Waals surface area contributed by atoms with Crippen LogP contribution in [0.15, 0.2) is 109 Å². The Hall–Kier alpha value is -4.04. The molecule has 0 saturated carbocycles. The summed E-state index contributed by atoms with van der Waals surface area (Å²) in [6.45, 7) is 0. The highest BCUT2D eigenvalue weighted by molar-refractivity contribution is 6.04. The number of hydrogen-bond donors (Lipinski definition) is 0. The van der Waals surface area contributed by atoms with E-state index in [1.807, 2.05) is 6.07 Å². The molecule has 0 N–H and O–H groups in total. The second-order valence-electron chi connectivity index (χ2n) is 7.47. The second-order valence-corrected chi connectivity index (χ2v) is 7.47. The minimum Gasteiger partial charge on any atom is -0.228 e. The van der Waals surface area contributed by atoms with Gasteiger partial charge >= 0.3 is 0 Å². The van der Waals surface area contributed by atoms with Gasteiger partial charge in [-0.15, -0.1) is 0 Å². The molecule has 0 fully saturated rings. The van der Waals surface area contributed by atoms with Crippen LogP contribution in [-0.2, 0) is 0 Å². The first kappa shape index (κ1) is 16.9. The van der Waals surface area contributed by atoms with Crippen LogP contribution in [0.2, 0.25) is 0 Å². The van der Waals surface area contributed by atoms with Crippen molar-refractivity contribution in [2.45, 2.75) is 0 Å². The number of aromatic nitrogens is 2. The third kappa shape index (κ3) is 2.66. The first-order valence-electron chi connectivity index (χ1n) is 10.1. The lowest BCUT2D eigenvalue weighted by molar-refractivity contribution is 1.24. The van der Waals surface area contributed by atoms with Crippen LogP contribution >= 0.6 is 0 Å². The highest BCUT2D eigenvalue weighted by atomic mass is 14.9. The van der Waals surface area contributed by atoms with Crippen molar-refractivity contribution in [2.75, 3.05) is 0 Å². The van der Waals surface area contributed by atoms with Gasteiger partial charge in [-0.1, -0.05) is 103 Å². The van der Waals surface area contributed by atoms with Gasteiger partial charge in [0.15, 0.2) is 5.82 Å². The van der Waals surface area contributed by atoms with E-state index in [0.29, 0.717) is 0 Å². The first-order chi connectivity index (χ1) is 14.9. The molecule has 0 aliphatic carbocycles. The van der Waals surface area contributed by atoms with Crippen LogP contribution < -0.4 is 0 Å². The van der Waals surface area contributed by atoms with Crippen molar-refractivity contribution in [1.82, 2.24) is 9.97 Å². The third-order valence-electron chi connectivity index (χ3n) is 5.68. The number of fused-ring (bicyclic) bond motifs is 3. The summed E-state index contributed by atoms with van der Waals surface area (Å²) in [6.07, 6.45) is 0. The normalized spacial score (nSPS) is 11.3. The van der Waals surface area contributed by atoms with Crippen LogP contribution in [0.1, 0.15) is 0 Å². The molecule has 0 radical (unpaired) electrons. The SMILES string of the molecule is c1ccc2c(-c3nc(-c4cccc5ccccc45)c4ccccc4n3)cccc2c1. The maximum Gasteiger partial charge on any atom is 0.161 e. The van der Waals surface area contributed by atoms with E-state index in [2.05, 4.69) is 103 Å². The third-order valence-corrected chi connectivity index (χ3v) is 5.68. The summed E-state index contributed by atoms with van der Waals surface area (Å²) in [5, 5.41) is 5.84. The quantitative estimate of drug-likeness (QED) is 0.315. The topological polar surface area (TPSA) is 25.8 Å². The molecule has 140 valence electrons. The molecule has 0 atom stereocenters. The predicted octanol–water partition coefficient (Wildman–Crippen LogP) is 7.27. The minimum absolute atomic E-state index is 0.758. The molecule has 0 aliphatic heterocycles. The fourth-order valence-electron chi connectivity index (χ4n) is 4.25. The maximum absolute atomic E-state index is 5.13. The van der Waals surface area contributed by atoms with E-state index in [1.54, 1.807) is 0 Å². The molecular formula is C28H18N2. The zero-order valence-electron chi connectivity index (χ0n) is 16.3. The van der Waals surface area contributed by atoms with Crippen molar-refractivity contribution >= 4 is 32.4 Å². The van der Waals surface area contributed by atoms with E-state index in [4.69, 9.17) is 9.97 Å². The van der Waals surface area contributed by atoms with Gasteiger partial charge in [0.1, 0.15) is 0 Å².